The van der Waals surface area contributed by atoms with Gasteiger partial charge in [-0.15, -0.1) is 0 Å². The lowest BCUT2D eigenvalue weighted by Gasteiger charge is -2.42. The van der Waals surface area contributed by atoms with Gasteiger partial charge in [-0.3, -0.25) is 24.6 Å². The van der Waals surface area contributed by atoms with E-state index in [9.17, 15) is 28.8 Å². The molecule has 2 atom stereocenters. The van der Waals surface area contributed by atoms with Gasteiger partial charge in [-0.2, -0.15) is 0 Å². The van der Waals surface area contributed by atoms with E-state index in [2.05, 4.69) is 10.7 Å². The van der Waals surface area contributed by atoms with Crippen molar-refractivity contribution in [1.82, 2.24) is 25.8 Å². The highest BCUT2D eigenvalue weighted by atomic mass is 16.5. The number of carboxylic acid groups (broad SMARTS) is 1. The monoisotopic (exact) mass is 551 g/mol. The maximum Gasteiger partial charge on any atom is 0.358 e. The molecule has 0 radical (unpaired) electrons. The standard InChI is InChI=1S/C27H29N5O8/c33-16-20(15-24(35)36)28-26(38)22-7-4-13-31-23(34)12-14-30(27(39)32(22)31)29-25(37)19-8-10-21(11-9-19)40-17-18-5-2-1-3-6-18/h1-3,5-6,8-11,16,20,22H,4,7,12-15,17H2,(H,28,38)(H,29,37)(H,35,36)/t20-,22-/m0/s1. The van der Waals surface area contributed by atoms with Crippen LogP contribution in [0.15, 0.2) is 54.6 Å². The molecule has 13 nitrogen and oxygen atoms in total. The maximum absolute atomic E-state index is 13.5. The summed E-state index contributed by atoms with van der Waals surface area (Å²) in [5, 5.41) is 14.4. The molecule has 2 aliphatic rings. The van der Waals surface area contributed by atoms with Crippen LogP contribution >= 0.6 is 0 Å². The number of aldehydes is 1. The van der Waals surface area contributed by atoms with Gasteiger partial charge in [0, 0.05) is 18.5 Å². The second-order valence-corrected chi connectivity index (χ2v) is 9.29. The first kappa shape index (κ1) is 28.1. The molecule has 0 unspecified atom stereocenters. The summed E-state index contributed by atoms with van der Waals surface area (Å²) in [6, 6.07) is 12.6. The second-order valence-electron chi connectivity index (χ2n) is 9.29. The maximum atomic E-state index is 13.5. The SMILES string of the molecule is O=C[C@H](CC(=O)O)NC(=O)[C@@H]1CCCN2C(=O)CCN(NC(=O)c3ccc(OCc4ccccc4)cc3)C(=O)N12. The van der Waals surface area contributed by atoms with Crippen molar-refractivity contribution in [2.75, 3.05) is 13.1 Å². The number of rotatable bonds is 10. The van der Waals surface area contributed by atoms with Crippen molar-refractivity contribution in [2.45, 2.75) is 44.4 Å². The number of hydrogen-bond donors (Lipinski definition) is 3. The zero-order valence-corrected chi connectivity index (χ0v) is 21.5. The van der Waals surface area contributed by atoms with Gasteiger partial charge in [-0.1, -0.05) is 30.3 Å². The van der Waals surface area contributed by atoms with Crippen LogP contribution in [0.1, 0.15) is 41.6 Å². The van der Waals surface area contributed by atoms with E-state index >= 15 is 0 Å². The number of carbonyl (C=O) groups excluding carboxylic acids is 5. The van der Waals surface area contributed by atoms with Gasteiger partial charge in [0.05, 0.1) is 19.0 Å². The Morgan fingerprint density at radius 1 is 1.05 bits per heavy atom. The molecule has 2 aromatic carbocycles. The number of fused-ring (bicyclic) bond motifs is 1. The van der Waals surface area contributed by atoms with Crippen LogP contribution in [0.25, 0.3) is 0 Å². The quantitative estimate of drug-likeness (QED) is 0.369. The summed E-state index contributed by atoms with van der Waals surface area (Å²) in [7, 11) is 0. The zero-order chi connectivity index (χ0) is 28.6. The summed E-state index contributed by atoms with van der Waals surface area (Å²) in [5.74, 6) is -2.53. The molecule has 210 valence electrons. The van der Waals surface area contributed by atoms with E-state index in [0.717, 1.165) is 20.6 Å². The first-order valence-corrected chi connectivity index (χ1v) is 12.7. The number of ether oxygens (including phenoxy) is 1. The Kier molecular flexibility index (Phi) is 8.94. The van der Waals surface area contributed by atoms with Gasteiger partial charge >= 0.3 is 12.0 Å². The molecule has 5 amide bonds. The minimum absolute atomic E-state index is 0.0981. The van der Waals surface area contributed by atoms with Gasteiger partial charge in [0.2, 0.25) is 11.8 Å². The van der Waals surface area contributed by atoms with Crippen molar-refractivity contribution < 1.29 is 38.6 Å². The number of amides is 5. The van der Waals surface area contributed by atoms with Crippen LogP contribution in [0.3, 0.4) is 0 Å². The molecule has 4 rings (SSSR count). The van der Waals surface area contributed by atoms with Gasteiger partial charge in [0.25, 0.3) is 5.91 Å². The third-order valence-corrected chi connectivity index (χ3v) is 6.46. The first-order valence-electron chi connectivity index (χ1n) is 12.7. The fraction of sp³-hybridized carbons (Fsp3) is 0.333. The fourth-order valence-electron chi connectivity index (χ4n) is 4.45. The van der Waals surface area contributed by atoms with Crippen molar-refractivity contribution in [3.05, 3.63) is 65.7 Å². The Hall–Kier alpha value is -4.94. The molecule has 0 aliphatic carbocycles. The Balaban J connectivity index is 1.43. The highest BCUT2D eigenvalue weighted by Crippen LogP contribution is 2.24. The normalized spacial score (nSPS) is 17.8. The Morgan fingerprint density at radius 2 is 1.77 bits per heavy atom. The van der Waals surface area contributed by atoms with Crippen molar-refractivity contribution in [3.63, 3.8) is 0 Å². The molecule has 0 saturated carbocycles. The van der Waals surface area contributed by atoms with Crippen LogP contribution in [-0.2, 0) is 25.8 Å². The number of nitrogens with zero attached hydrogens (tertiary/aromatic N) is 3. The van der Waals surface area contributed by atoms with Gasteiger partial charge in [-0.25, -0.2) is 19.8 Å². The molecule has 2 saturated heterocycles. The number of aliphatic carboxylic acids is 1. The molecule has 0 aromatic heterocycles. The Morgan fingerprint density at radius 3 is 2.45 bits per heavy atom. The average Bonchev–Trinajstić information content (AvgIpc) is 3.08. The average molecular weight is 552 g/mol. The van der Waals surface area contributed by atoms with Gasteiger partial charge in [0.15, 0.2) is 0 Å². The predicted octanol–water partition coefficient (Wildman–Crippen LogP) is 1.10. The van der Waals surface area contributed by atoms with Crippen molar-refractivity contribution in [3.8, 4) is 5.75 Å². The van der Waals surface area contributed by atoms with Crippen LogP contribution in [0, 0.1) is 0 Å². The molecule has 2 aliphatic heterocycles. The number of nitrogens with one attached hydrogen (secondary N) is 2. The van der Waals surface area contributed by atoms with Crippen LogP contribution in [0.5, 0.6) is 5.75 Å². The molecule has 0 bridgehead atoms. The third kappa shape index (κ3) is 6.73. The van der Waals surface area contributed by atoms with Crippen LogP contribution in [-0.4, -0.2) is 81.3 Å². The van der Waals surface area contributed by atoms with E-state index in [-0.39, 0.29) is 31.5 Å². The molecule has 40 heavy (non-hydrogen) atoms. The van der Waals surface area contributed by atoms with Gasteiger partial charge in [0.1, 0.15) is 24.7 Å². The summed E-state index contributed by atoms with van der Waals surface area (Å²) < 4.78 is 5.73. The topological polar surface area (TPSA) is 166 Å². The molecular weight excluding hydrogens is 522 g/mol. The van der Waals surface area contributed by atoms with E-state index in [1.807, 2.05) is 30.3 Å². The summed E-state index contributed by atoms with van der Waals surface area (Å²) in [4.78, 5) is 74.5. The summed E-state index contributed by atoms with van der Waals surface area (Å²) in [6.45, 7) is 0.416. The van der Waals surface area contributed by atoms with Crippen molar-refractivity contribution in [2.24, 2.45) is 0 Å². The fourth-order valence-corrected chi connectivity index (χ4v) is 4.45. The lowest BCUT2D eigenvalue weighted by Crippen LogP contribution is -2.64. The largest absolute Gasteiger partial charge is 0.489 e. The Labute approximate surface area is 229 Å². The number of benzene rings is 2. The van der Waals surface area contributed by atoms with Crippen LogP contribution < -0.4 is 15.5 Å². The van der Waals surface area contributed by atoms with E-state index in [4.69, 9.17) is 9.84 Å². The lowest BCUT2D eigenvalue weighted by molar-refractivity contribution is -0.155. The molecule has 2 aromatic rings. The number of carboxylic acids is 1. The molecule has 0 spiro atoms. The van der Waals surface area contributed by atoms with Crippen LogP contribution in [0.2, 0.25) is 0 Å². The predicted molar refractivity (Wildman–Crippen MR) is 138 cm³/mol. The number of hydrazine groups is 2. The number of hydrogen-bond acceptors (Lipinski definition) is 7. The molecule has 2 fully saturated rings. The molecule has 3 N–H and O–H groups in total. The minimum atomic E-state index is -1.30. The first-order chi connectivity index (χ1) is 19.3. The Bertz CT molecular complexity index is 1270. The molecule has 13 heteroatoms. The number of carbonyl (C=O) groups is 6. The number of urea groups is 1. The zero-order valence-electron chi connectivity index (χ0n) is 21.5. The van der Waals surface area contributed by atoms with Crippen molar-refractivity contribution >= 4 is 36.0 Å². The highest BCUT2D eigenvalue weighted by molar-refractivity contribution is 5.97. The van der Waals surface area contributed by atoms with E-state index in [0.29, 0.717) is 25.1 Å². The smallest absolute Gasteiger partial charge is 0.358 e. The van der Waals surface area contributed by atoms with E-state index in [1.165, 1.54) is 12.1 Å². The highest BCUT2D eigenvalue weighted by Gasteiger charge is 2.44. The molecular formula is C27H29N5O8. The second kappa shape index (κ2) is 12.7. The summed E-state index contributed by atoms with van der Waals surface area (Å²) in [6.07, 6.45) is 0.151. The van der Waals surface area contributed by atoms with Crippen molar-refractivity contribution in [1.29, 1.82) is 0 Å². The summed E-state index contributed by atoms with van der Waals surface area (Å²) in [5.41, 5.74) is 3.74. The minimum Gasteiger partial charge on any atom is -0.489 e. The van der Waals surface area contributed by atoms with Gasteiger partial charge in [-0.05, 0) is 42.7 Å². The van der Waals surface area contributed by atoms with Gasteiger partial charge < -0.3 is 20.0 Å². The third-order valence-electron chi connectivity index (χ3n) is 6.46. The van der Waals surface area contributed by atoms with Crippen LogP contribution in [0.4, 0.5) is 4.79 Å². The van der Waals surface area contributed by atoms with E-state index < -0.39 is 48.2 Å². The summed E-state index contributed by atoms with van der Waals surface area (Å²) >= 11 is 0. The lowest BCUT2D eigenvalue weighted by atomic mass is 10.1. The molecule has 2 heterocycles. The van der Waals surface area contributed by atoms with E-state index in [1.54, 1.807) is 12.1 Å².